The van der Waals surface area contributed by atoms with Crippen molar-refractivity contribution in [2.75, 3.05) is 18.4 Å². The lowest BCUT2D eigenvalue weighted by atomic mass is 10.1. The summed E-state index contributed by atoms with van der Waals surface area (Å²) < 4.78 is 2.17. The number of fused-ring (bicyclic) bond motifs is 1. The first-order valence-electron chi connectivity index (χ1n) is 10.5. The van der Waals surface area contributed by atoms with E-state index in [1.807, 2.05) is 18.2 Å². The standard InChI is InChI=1S/C24H25N5O/c30-17-25-21-5-4-6-22-23(21)27-24(26-22)19-7-9-20(10-8-19)29-14-11-18(16-29)15-28-12-2-1-3-13-28/h4-11,14,16-17H,1-3,12-13,15H2,(H,25,30)(H,26,27). The maximum Gasteiger partial charge on any atom is 0.211 e. The van der Waals surface area contributed by atoms with Crippen LogP contribution in [0.25, 0.3) is 28.1 Å². The number of carbonyl (C=O) groups excluding carboxylic acids is 1. The molecule has 1 fully saturated rings. The number of aromatic amines is 1. The molecule has 3 heterocycles. The Hall–Kier alpha value is -3.38. The van der Waals surface area contributed by atoms with E-state index in [-0.39, 0.29) is 0 Å². The zero-order valence-electron chi connectivity index (χ0n) is 16.8. The van der Waals surface area contributed by atoms with Crippen LogP contribution < -0.4 is 5.32 Å². The van der Waals surface area contributed by atoms with Gasteiger partial charge < -0.3 is 14.9 Å². The van der Waals surface area contributed by atoms with Gasteiger partial charge in [-0.2, -0.15) is 0 Å². The summed E-state index contributed by atoms with van der Waals surface area (Å²) in [6.07, 6.45) is 9.03. The van der Waals surface area contributed by atoms with Gasteiger partial charge in [-0.3, -0.25) is 9.69 Å². The van der Waals surface area contributed by atoms with Gasteiger partial charge in [0.2, 0.25) is 6.41 Å². The molecule has 6 heteroatoms. The number of likely N-dealkylation sites (tertiary alicyclic amines) is 1. The number of carbonyl (C=O) groups is 1. The fourth-order valence-electron chi connectivity index (χ4n) is 4.21. The van der Waals surface area contributed by atoms with Crippen LogP contribution in [0, 0.1) is 0 Å². The topological polar surface area (TPSA) is 66.0 Å². The molecule has 30 heavy (non-hydrogen) atoms. The molecule has 2 aromatic heterocycles. The summed E-state index contributed by atoms with van der Waals surface area (Å²) >= 11 is 0. The van der Waals surface area contributed by atoms with Gasteiger partial charge in [-0.25, -0.2) is 4.98 Å². The Morgan fingerprint density at radius 2 is 1.87 bits per heavy atom. The highest BCUT2D eigenvalue weighted by Gasteiger charge is 2.12. The van der Waals surface area contributed by atoms with Crippen molar-refractivity contribution in [3.8, 4) is 17.1 Å². The fourth-order valence-corrected chi connectivity index (χ4v) is 4.21. The third-order valence-electron chi connectivity index (χ3n) is 5.77. The molecular weight excluding hydrogens is 374 g/mol. The number of aromatic nitrogens is 3. The number of hydrogen-bond acceptors (Lipinski definition) is 3. The average Bonchev–Trinajstić information content (AvgIpc) is 3.43. The van der Waals surface area contributed by atoms with Gasteiger partial charge in [0.15, 0.2) is 0 Å². The lowest BCUT2D eigenvalue weighted by Crippen LogP contribution is -2.28. The Morgan fingerprint density at radius 3 is 2.67 bits per heavy atom. The van der Waals surface area contributed by atoms with E-state index >= 15 is 0 Å². The molecule has 1 aliphatic heterocycles. The number of para-hydroxylation sites is 1. The molecule has 1 aliphatic rings. The number of nitrogens with zero attached hydrogens (tertiary/aromatic N) is 3. The Labute approximate surface area is 175 Å². The number of benzene rings is 2. The first-order chi connectivity index (χ1) is 14.8. The molecule has 0 atom stereocenters. The third-order valence-corrected chi connectivity index (χ3v) is 5.77. The summed E-state index contributed by atoms with van der Waals surface area (Å²) in [7, 11) is 0. The lowest BCUT2D eigenvalue weighted by Gasteiger charge is -2.25. The number of nitrogens with one attached hydrogen (secondary N) is 2. The minimum atomic E-state index is 0.675. The monoisotopic (exact) mass is 399 g/mol. The van der Waals surface area contributed by atoms with E-state index in [1.165, 1.54) is 37.9 Å². The van der Waals surface area contributed by atoms with Gasteiger partial charge >= 0.3 is 0 Å². The molecule has 2 aromatic carbocycles. The van der Waals surface area contributed by atoms with Crippen LogP contribution in [0.4, 0.5) is 5.69 Å². The van der Waals surface area contributed by atoms with Crippen molar-refractivity contribution < 1.29 is 4.79 Å². The van der Waals surface area contributed by atoms with E-state index in [9.17, 15) is 4.79 Å². The SMILES string of the molecule is O=CNc1cccc2[nH]c(-c3ccc(-n4ccc(CN5CCCCC5)c4)cc3)nc12. The molecule has 0 aliphatic carbocycles. The first kappa shape index (κ1) is 18.6. The predicted molar refractivity (Wildman–Crippen MR) is 120 cm³/mol. The quantitative estimate of drug-likeness (QED) is 0.467. The van der Waals surface area contributed by atoms with Crippen molar-refractivity contribution in [2.24, 2.45) is 0 Å². The van der Waals surface area contributed by atoms with Crippen molar-refractivity contribution in [1.82, 2.24) is 19.4 Å². The Bertz CT molecular complexity index is 1150. The molecule has 4 aromatic rings. The van der Waals surface area contributed by atoms with Crippen LogP contribution in [-0.4, -0.2) is 38.9 Å². The number of anilines is 1. The Balaban J connectivity index is 1.35. The van der Waals surface area contributed by atoms with Crippen LogP contribution in [0.15, 0.2) is 60.9 Å². The van der Waals surface area contributed by atoms with Crippen LogP contribution in [0.1, 0.15) is 24.8 Å². The summed E-state index contributed by atoms with van der Waals surface area (Å²) in [5.41, 5.74) is 5.85. The second kappa shape index (κ2) is 8.16. The molecule has 0 spiro atoms. The van der Waals surface area contributed by atoms with Crippen LogP contribution in [0.5, 0.6) is 0 Å². The van der Waals surface area contributed by atoms with Gasteiger partial charge in [0.1, 0.15) is 11.3 Å². The van der Waals surface area contributed by atoms with E-state index in [4.69, 9.17) is 0 Å². The molecule has 0 unspecified atom stereocenters. The van der Waals surface area contributed by atoms with Crippen LogP contribution in [0.3, 0.4) is 0 Å². The van der Waals surface area contributed by atoms with Crippen molar-refractivity contribution >= 4 is 23.1 Å². The minimum absolute atomic E-state index is 0.675. The molecule has 5 rings (SSSR count). The molecule has 0 bridgehead atoms. The second-order valence-electron chi connectivity index (χ2n) is 7.86. The average molecular weight is 399 g/mol. The predicted octanol–water partition coefficient (Wildman–Crippen LogP) is 4.57. The lowest BCUT2D eigenvalue weighted by molar-refractivity contribution is -0.105. The summed E-state index contributed by atoms with van der Waals surface area (Å²) in [6.45, 7) is 3.45. The molecule has 2 N–H and O–H groups in total. The maximum atomic E-state index is 10.8. The van der Waals surface area contributed by atoms with Crippen molar-refractivity contribution in [3.63, 3.8) is 0 Å². The summed E-state index contributed by atoms with van der Waals surface area (Å²) in [4.78, 5) is 21.4. The first-order valence-corrected chi connectivity index (χ1v) is 10.5. The molecular formula is C24H25N5O. The van der Waals surface area contributed by atoms with Crippen LogP contribution >= 0.6 is 0 Å². The number of amides is 1. The maximum absolute atomic E-state index is 10.8. The van der Waals surface area contributed by atoms with E-state index in [0.717, 1.165) is 34.7 Å². The van der Waals surface area contributed by atoms with Crippen molar-refractivity contribution in [2.45, 2.75) is 25.8 Å². The van der Waals surface area contributed by atoms with Gasteiger partial charge in [-0.1, -0.05) is 12.5 Å². The molecule has 6 nitrogen and oxygen atoms in total. The normalized spacial score (nSPS) is 14.8. The van der Waals surface area contributed by atoms with Gasteiger partial charge in [0.25, 0.3) is 0 Å². The highest BCUT2D eigenvalue weighted by molar-refractivity contribution is 5.94. The van der Waals surface area contributed by atoms with E-state index in [0.29, 0.717) is 12.1 Å². The highest BCUT2D eigenvalue weighted by Crippen LogP contribution is 2.26. The Morgan fingerprint density at radius 1 is 1.03 bits per heavy atom. The summed E-state index contributed by atoms with van der Waals surface area (Å²) in [6, 6.07) is 16.3. The van der Waals surface area contributed by atoms with E-state index in [2.05, 4.69) is 67.5 Å². The summed E-state index contributed by atoms with van der Waals surface area (Å²) in [5.74, 6) is 0.787. The smallest absolute Gasteiger partial charge is 0.211 e. The molecule has 152 valence electrons. The van der Waals surface area contributed by atoms with Gasteiger partial charge in [0.05, 0.1) is 11.2 Å². The minimum Gasteiger partial charge on any atom is -0.338 e. The van der Waals surface area contributed by atoms with Gasteiger partial charge in [-0.15, -0.1) is 0 Å². The largest absolute Gasteiger partial charge is 0.338 e. The zero-order chi connectivity index (χ0) is 20.3. The molecule has 0 radical (unpaired) electrons. The third kappa shape index (κ3) is 3.74. The van der Waals surface area contributed by atoms with E-state index < -0.39 is 0 Å². The van der Waals surface area contributed by atoms with Gasteiger partial charge in [-0.05, 0) is 74.0 Å². The molecule has 1 amide bonds. The number of imidazole rings is 1. The number of H-pyrrole nitrogens is 1. The fraction of sp³-hybridized carbons (Fsp3) is 0.250. The zero-order valence-corrected chi connectivity index (χ0v) is 16.8. The van der Waals surface area contributed by atoms with Crippen molar-refractivity contribution in [3.05, 3.63) is 66.5 Å². The highest BCUT2D eigenvalue weighted by atomic mass is 16.1. The molecule has 0 saturated carbocycles. The Kier molecular flexibility index (Phi) is 5.07. The van der Waals surface area contributed by atoms with Crippen LogP contribution in [-0.2, 0) is 11.3 Å². The number of piperidine rings is 1. The second-order valence-corrected chi connectivity index (χ2v) is 7.86. The van der Waals surface area contributed by atoms with E-state index in [1.54, 1.807) is 0 Å². The number of rotatable bonds is 6. The number of hydrogen-bond donors (Lipinski definition) is 2. The molecule has 1 saturated heterocycles. The van der Waals surface area contributed by atoms with Crippen LogP contribution in [0.2, 0.25) is 0 Å². The summed E-state index contributed by atoms with van der Waals surface area (Å²) in [5, 5.41) is 2.71. The van der Waals surface area contributed by atoms with Crippen molar-refractivity contribution in [1.29, 1.82) is 0 Å². The van der Waals surface area contributed by atoms with Gasteiger partial charge in [0, 0.05) is 30.2 Å².